The van der Waals surface area contributed by atoms with Crippen molar-refractivity contribution in [3.05, 3.63) is 28.8 Å². The van der Waals surface area contributed by atoms with E-state index in [2.05, 4.69) is 4.99 Å². The molecule has 18 heavy (non-hydrogen) atoms. The van der Waals surface area contributed by atoms with Crippen molar-refractivity contribution in [2.24, 2.45) is 4.99 Å². The zero-order chi connectivity index (χ0) is 13.5. The SMILES string of the molecule is CN1C(=O)C(=NCC(F)(F)F)c2cc(Cl)ccc21. The quantitative estimate of drug-likeness (QED) is 0.776. The third kappa shape index (κ3) is 2.33. The second-order valence-corrected chi connectivity index (χ2v) is 4.24. The molecule has 1 aromatic carbocycles. The van der Waals surface area contributed by atoms with Crippen LogP contribution in [-0.4, -0.2) is 31.4 Å². The van der Waals surface area contributed by atoms with E-state index >= 15 is 0 Å². The molecule has 1 aliphatic rings. The number of rotatable bonds is 1. The van der Waals surface area contributed by atoms with Crippen molar-refractivity contribution in [2.45, 2.75) is 6.18 Å². The van der Waals surface area contributed by atoms with Crippen molar-refractivity contribution in [1.82, 2.24) is 0 Å². The van der Waals surface area contributed by atoms with Gasteiger partial charge in [-0.2, -0.15) is 13.2 Å². The summed E-state index contributed by atoms with van der Waals surface area (Å²) < 4.78 is 36.4. The maximum atomic E-state index is 12.1. The number of hydrogen-bond acceptors (Lipinski definition) is 2. The van der Waals surface area contributed by atoms with Crippen molar-refractivity contribution in [2.75, 3.05) is 18.5 Å². The first kappa shape index (κ1) is 12.9. The smallest absolute Gasteiger partial charge is 0.309 e. The molecule has 0 aliphatic carbocycles. The summed E-state index contributed by atoms with van der Waals surface area (Å²) in [6.07, 6.45) is -4.44. The Hall–Kier alpha value is -1.56. The van der Waals surface area contributed by atoms with Gasteiger partial charge in [-0.15, -0.1) is 0 Å². The molecule has 0 spiro atoms. The lowest BCUT2D eigenvalue weighted by molar-refractivity contribution is -0.118. The van der Waals surface area contributed by atoms with E-state index in [9.17, 15) is 18.0 Å². The number of anilines is 1. The summed E-state index contributed by atoms with van der Waals surface area (Å²) in [4.78, 5) is 16.4. The van der Waals surface area contributed by atoms with Crippen LogP contribution in [0, 0.1) is 0 Å². The topological polar surface area (TPSA) is 32.7 Å². The van der Waals surface area contributed by atoms with Gasteiger partial charge in [0.2, 0.25) is 0 Å². The number of benzene rings is 1. The molecule has 1 aromatic rings. The number of halogens is 4. The van der Waals surface area contributed by atoms with E-state index in [-0.39, 0.29) is 5.71 Å². The molecular weight excluding hydrogens is 269 g/mol. The fourth-order valence-electron chi connectivity index (χ4n) is 1.70. The van der Waals surface area contributed by atoms with E-state index in [1.807, 2.05) is 0 Å². The zero-order valence-electron chi connectivity index (χ0n) is 9.25. The molecule has 0 aromatic heterocycles. The Morgan fingerprint density at radius 1 is 1.39 bits per heavy atom. The van der Waals surface area contributed by atoms with Gasteiger partial charge in [-0.3, -0.25) is 9.79 Å². The van der Waals surface area contributed by atoms with E-state index < -0.39 is 18.6 Å². The van der Waals surface area contributed by atoms with E-state index in [1.165, 1.54) is 18.0 Å². The van der Waals surface area contributed by atoms with Crippen LogP contribution in [0.3, 0.4) is 0 Å². The van der Waals surface area contributed by atoms with Gasteiger partial charge < -0.3 is 4.90 Å². The predicted molar refractivity (Wildman–Crippen MR) is 62.3 cm³/mol. The van der Waals surface area contributed by atoms with Gasteiger partial charge in [0.05, 0.1) is 5.69 Å². The van der Waals surface area contributed by atoms with E-state index in [4.69, 9.17) is 11.6 Å². The summed E-state index contributed by atoms with van der Waals surface area (Å²) in [6, 6.07) is 4.58. The van der Waals surface area contributed by atoms with Crippen LogP contribution in [0.25, 0.3) is 0 Å². The molecule has 0 unspecified atom stereocenters. The summed E-state index contributed by atoms with van der Waals surface area (Å²) in [5.41, 5.74) is 0.636. The summed E-state index contributed by atoms with van der Waals surface area (Å²) >= 11 is 5.77. The van der Waals surface area contributed by atoms with Gasteiger partial charge in [0.1, 0.15) is 12.3 Å². The van der Waals surface area contributed by atoms with Gasteiger partial charge in [-0.1, -0.05) is 11.6 Å². The van der Waals surface area contributed by atoms with Crippen molar-refractivity contribution >= 4 is 28.9 Å². The number of alkyl halides is 3. The highest BCUT2D eigenvalue weighted by atomic mass is 35.5. The Bertz CT molecular complexity index is 540. The van der Waals surface area contributed by atoms with E-state index in [0.29, 0.717) is 16.3 Å². The van der Waals surface area contributed by atoms with Crippen LogP contribution < -0.4 is 4.90 Å². The van der Waals surface area contributed by atoms with Crippen LogP contribution in [0.15, 0.2) is 23.2 Å². The molecule has 0 fully saturated rings. The predicted octanol–water partition coefficient (Wildman–Crippen LogP) is 2.67. The lowest BCUT2D eigenvalue weighted by atomic mass is 10.1. The number of fused-ring (bicyclic) bond motifs is 1. The standard InChI is InChI=1S/C11H8ClF3N2O/c1-17-8-3-2-6(12)4-7(8)9(10(17)18)16-5-11(13,14)15/h2-4H,5H2,1H3. The molecule has 1 aliphatic heterocycles. The number of carbonyl (C=O) groups excluding carboxylic acids is 1. The molecule has 3 nitrogen and oxygen atoms in total. The molecule has 0 atom stereocenters. The fourth-order valence-corrected chi connectivity index (χ4v) is 1.87. The highest BCUT2D eigenvalue weighted by molar-refractivity contribution is 6.54. The van der Waals surface area contributed by atoms with Crippen molar-refractivity contribution < 1.29 is 18.0 Å². The number of hydrogen-bond donors (Lipinski definition) is 0. The lowest BCUT2D eigenvalue weighted by Gasteiger charge is -2.08. The maximum Gasteiger partial charge on any atom is 0.407 e. The molecule has 0 radical (unpaired) electrons. The number of likely N-dealkylation sites (N-methyl/N-ethyl adjacent to an activating group) is 1. The Kier molecular flexibility index (Phi) is 3.06. The zero-order valence-corrected chi connectivity index (χ0v) is 10.0. The monoisotopic (exact) mass is 276 g/mol. The van der Waals surface area contributed by atoms with Crippen LogP contribution in [0.5, 0.6) is 0 Å². The second kappa shape index (κ2) is 4.28. The second-order valence-electron chi connectivity index (χ2n) is 3.81. The Balaban J connectivity index is 2.45. The van der Waals surface area contributed by atoms with Gasteiger partial charge in [0.25, 0.3) is 5.91 Å². The summed E-state index contributed by atoms with van der Waals surface area (Å²) in [5, 5.41) is 0.344. The minimum absolute atomic E-state index is 0.202. The molecule has 0 N–H and O–H groups in total. The average molecular weight is 277 g/mol. The van der Waals surface area contributed by atoms with E-state index in [1.54, 1.807) is 12.1 Å². The Morgan fingerprint density at radius 2 is 2.06 bits per heavy atom. The molecule has 0 bridgehead atoms. The third-order valence-electron chi connectivity index (χ3n) is 2.50. The van der Waals surface area contributed by atoms with Gasteiger partial charge in [0.15, 0.2) is 0 Å². The van der Waals surface area contributed by atoms with E-state index in [0.717, 1.165) is 0 Å². The summed E-state index contributed by atoms with van der Waals surface area (Å²) in [7, 11) is 1.48. The first-order valence-electron chi connectivity index (χ1n) is 4.99. The van der Waals surface area contributed by atoms with Crippen LogP contribution >= 0.6 is 11.6 Å². The van der Waals surface area contributed by atoms with Gasteiger partial charge >= 0.3 is 6.18 Å². The van der Waals surface area contributed by atoms with Crippen LogP contribution in [0.1, 0.15) is 5.56 Å². The Morgan fingerprint density at radius 3 is 2.67 bits per heavy atom. The number of amides is 1. The largest absolute Gasteiger partial charge is 0.407 e. The molecule has 2 rings (SSSR count). The summed E-state index contributed by atoms with van der Waals surface area (Å²) in [6.45, 7) is -1.38. The molecule has 1 heterocycles. The number of carbonyl (C=O) groups is 1. The first-order valence-corrected chi connectivity index (χ1v) is 5.36. The third-order valence-corrected chi connectivity index (χ3v) is 2.73. The molecule has 1 amide bonds. The maximum absolute atomic E-state index is 12.1. The van der Waals surface area contributed by atoms with Crippen LogP contribution in [0.4, 0.5) is 18.9 Å². The first-order chi connectivity index (χ1) is 8.29. The normalized spacial score (nSPS) is 17.5. The van der Waals surface area contributed by atoms with Crippen molar-refractivity contribution in [1.29, 1.82) is 0 Å². The molecule has 0 saturated carbocycles. The summed E-state index contributed by atoms with van der Waals surface area (Å²) in [5.74, 6) is -0.559. The number of aliphatic imine (C=N–C) groups is 1. The minimum atomic E-state index is -4.44. The fraction of sp³-hybridized carbons (Fsp3) is 0.273. The molecule has 96 valence electrons. The van der Waals surface area contributed by atoms with Gasteiger partial charge in [-0.05, 0) is 18.2 Å². The van der Waals surface area contributed by atoms with Crippen molar-refractivity contribution in [3.8, 4) is 0 Å². The Labute approximate surface area is 106 Å². The molecular formula is C11H8ClF3N2O. The number of nitrogens with zero attached hydrogens (tertiary/aromatic N) is 2. The van der Waals surface area contributed by atoms with Gasteiger partial charge in [-0.25, -0.2) is 0 Å². The molecule has 7 heteroatoms. The van der Waals surface area contributed by atoms with Crippen molar-refractivity contribution in [3.63, 3.8) is 0 Å². The van der Waals surface area contributed by atoms with Crippen LogP contribution in [-0.2, 0) is 4.79 Å². The minimum Gasteiger partial charge on any atom is -0.309 e. The average Bonchev–Trinajstić information content (AvgIpc) is 2.48. The molecule has 0 saturated heterocycles. The highest BCUT2D eigenvalue weighted by Gasteiger charge is 2.34. The lowest BCUT2D eigenvalue weighted by Crippen LogP contribution is -2.26. The van der Waals surface area contributed by atoms with Crippen LogP contribution in [0.2, 0.25) is 5.02 Å². The van der Waals surface area contributed by atoms with Gasteiger partial charge in [0, 0.05) is 17.6 Å². The highest BCUT2D eigenvalue weighted by Crippen LogP contribution is 2.31.